The molecule has 5 rings (SSSR count). The SMILES string of the molecule is CC.O=C1c2cc(-c3ccccc3)c(-c3ccccc3)cc2C2OOC(C(F)(F)F)C12. The highest BCUT2D eigenvalue weighted by molar-refractivity contribution is 6.06. The lowest BCUT2D eigenvalue weighted by molar-refractivity contribution is -0.348. The highest BCUT2D eigenvalue weighted by Gasteiger charge is 2.61. The molecule has 0 spiro atoms. The van der Waals surface area contributed by atoms with Crippen LogP contribution >= 0.6 is 0 Å². The van der Waals surface area contributed by atoms with Gasteiger partial charge in [-0.3, -0.25) is 4.79 Å². The molecule has 1 aliphatic heterocycles. The van der Waals surface area contributed by atoms with Crippen LogP contribution in [0.15, 0.2) is 72.8 Å². The largest absolute Gasteiger partial charge is 0.418 e. The van der Waals surface area contributed by atoms with Crippen molar-refractivity contribution in [3.63, 3.8) is 0 Å². The van der Waals surface area contributed by atoms with Gasteiger partial charge in [-0.15, -0.1) is 0 Å². The summed E-state index contributed by atoms with van der Waals surface area (Å²) in [6, 6.07) is 22.4. The van der Waals surface area contributed by atoms with E-state index in [-0.39, 0.29) is 5.56 Å². The summed E-state index contributed by atoms with van der Waals surface area (Å²) in [5.41, 5.74) is 4.08. The van der Waals surface area contributed by atoms with E-state index in [0.717, 1.165) is 22.3 Å². The van der Waals surface area contributed by atoms with Gasteiger partial charge >= 0.3 is 6.18 Å². The molecule has 0 radical (unpaired) electrons. The van der Waals surface area contributed by atoms with Crippen molar-refractivity contribution in [1.29, 1.82) is 0 Å². The van der Waals surface area contributed by atoms with Gasteiger partial charge in [0.05, 0.1) is 5.92 Å². The molecule has 3 aromatic rings. The van der Waals surface area contributed by atoms with Gasteiger partial charge in [-0.1, -0.05) is 74.5 Å². The summed E-state index contributed by atoms with van der Waals surface area (Å²) < 4.78 is 40.0. The zero-order valence-electron chi connectivity index (χ0n) is 17.0. The zero-order valence-corrected chi connectivity index (χ0v) is 17.0. The summed E-state index contributed by atoms with van der Waals surface area (Å²) in [5, 5.41) is 0. The molecule has 0 amide bonds. The van der Waals surface area contributed by atoms with E-state index in [2.05, 4.69) is 4.89 Å². The number of halogens is 3. The van der Waals surface area contributed by atoms with Crippen LogP contribution in [0.1, 0.15) is 35.9 Å². The van der Waals surface area contributed by atoms with Crippen molar-refractivity contribution in [2.75, 3.05) is 0 Å². The summed E-state index contributed by atoms with van der Waals surface area (Å²) in [4.78, 5) is 22.4. The van der Waals surface area contributed by atoms with E-state index in [1.807, 2.05) is 74.5 Å². The van der Waals surface area contributed by atoms with Crippen LogP contribution in [-0.2, 0) is 9.78 Å². The van der Waals surface area contributed by atoms with Gasteiger partial charge in [-0.2, -0.15) is 13.2 Å². The second-order valence-corrected chi connectivity index (χ2v) is 7.18. The number of hydrogen-bond donors (Lipinski definition) is 0. The van der Waals surface area contributed by atoms with Crippen LogP contribution in [0.5, 0.6) is 0 Å². The fourth-order valence-electron chi connectivity index (χ4n) is 4.13. The Hall–Kier alpha value is -2.96. The molecule has 3 unspecified atom stereocenters. The lowest BCUT2D eigenvalue weighted by atomic mass is 9.90. The first-order valence-electron chi connectivity index (χ1n) is 10.2. The monoisotopic (exact) mass is 426 g/mol. The Balaban J connectivity index is 0.00000112. The number of alkyl halides is 3. The summed E-state index contributed by atoms with van der Waals surface area (Å²) in [7, 11) is 0. The molecule has 6 heteroatoms. The van der Waals surface area contributed by atoms with E-state index in [1.165, 1.54) is 0 Å². The van der Waals surface area contributed by atoms with Gasteiger partial charge in [0.25, 0.3) is 0 Å². The van der Waals surface area contributed by atoms with Gasteiger partial charge in [0.15, 0.2) is 5.78 Å². The quantitative estimate of drug-likeness (QED) is 0.423. The molecule has 160 valence electrons. The molecule has 3 aromatic carbocycles. The third kappa shape index (κ3) is 3.66. The maximum Gasteiger partial charge on any atom is 0.418 e. The fraction of sp³-hybridized carbons (Fsp3) is 0.240. The second kappa shape index (κ2) is 8.29. The topological polar surface area (TPSA) is 35.5 Å². The van der Waals surface area contributed by atoms with Crippen LogP contribution in [0.3, 0.4) is 0 Å². The molecule has 0 bridgehead atoms. The van der Waals surface area contributed by atoms with Gasteiger partial charge in [-0.25, -0.2) is 9.78 Å². The van der Waals surface area contributed by atoms with E-state index in [9.17, 15) is 18.0 Å². The average Bonchev–Trinajstić information content (AvgIpc) is 3.35. The van der Waals surface area contributed by atoms with Gasteiger partial charge in [-0.05, 0) is 39.9 Å². The number of benzene rings is 3. The third-order valence-corrected chi connectivity index (χ3v) is 5.47. The van der Waals surface area contributed by atoms with Crippen molar-refractivity contribution >= 4 is 5.78 Å². The molecule has 31 heavy (non-hydrogen) atoms. The van der Waals surface area contributed by atoms with Crippen molar-refractivity contribution in [3.8, 4) is 22.3 Å². The highest BCUT2D eigenvalue weighted by atomic mass is 19.4. The van der Waals surface area contributed by atoms with E-state index < -0.39 is 30.1 Å². The average molecular weight is 426 g/mol. The molecule has 1 aliphatic carbocycles. The molecule has 2 aliphatic rings. The minimum atomic E-state index is -4.68. The molecular formula is C25H21F3O3. The van der Waals surface area contributed by atoms with Gasteiger partial charge in [0.2, 0.25) is 6.10 Å². The molecule has 0 N–H and O–H groups in total. The fourth-order valence-corrected chi connectivity index (χ4v) is 4.13. The molecule has 0 saturated carbocycles. The first kappa shape index (κ1) is 21.3. The van der Waals surface area contributed by atoms with Crippen LogP contribution in [-0.4, -0.2) is 18.1 Å². The number of carbonyl (C=O) groups is 1. The van der Waals surface area contributed by atoms with E-state index >= 15 is 0 Å². The number of Topliss-reactive ketones (excluding diaryl/α,β-unsaturated/α-hetero) is 1. The summed E-state index contributed by atoms with van der Waals surface area (Å²) in [6.07, 6.45) is -7.99. The Morgan fingerprint density at radius 2 is 1.26 bits per heavy atom. The van der Waals surface area contributed by atoms with Crippen molar-refractivity contribution in [1.82, 2.24) is 0 Å². The Morgan fingerprint density at radius 3 is 1.77 bits per heavy atom. The lowest BCUT2D eigenvalue weighted by Gasteiger charge is -2.16. The number of hydrogen-bond acceptors (Lipinski definition) is 3. The maximum atomic E-state index is 13.3. The van der Waals surface area contributed by atoms with Gasteiger partial charge in [0, 0.05) is 5.56 Å². The molecule has 1 fully saturated rings. The van der Waals surface area contributed by atoms with Crippen molar-refractivity contribution in [3.05, 3.63) is 83.9 Å². The number of fused-ring (bicyclic) bond motifs is 3. The predicted octanol–water partition coefficient (Wildman–Crippen LogP) is 6.79. The molecule has 1 heterocycles. The number of rotatable bonds is 2. The predicted molar refractivity (Wildman–Crippen MR) is 111 cm³/mol. The van der Waals surface area contributed by atoms with Crippen LogP contribution in [0.25, 0.3) is 22.3 Å². The summed E-state index contributed by atoms with van der Waals surface area (Å²) in [5.74, 6) is -2.01. The molecule has 1 saturated heterocycles. The highest BCUT2D eigenvalue weighted by Crippen LogP contribution is 2.52. The third-order valence-electron chi connectivity index (χ3n) is 5.47. The lowest BCUT2D eigenvalue weighted by Crippen LogP contribution is -2.37. The Bertz CT molecular complexity index is 1080. The molecule has 0 aromatic heterocycles. The van der Waals surface area contributed by atoms with Crippen molar-refractivity contribution in [2.24, 2.45) is 5.92 Å². The van der Waals surface area contributed by atoms with Crippen molar-refractivity contribution in [2.45, 2.75) is 32.2 Å². The first-order valence-corrected chi connectivity index (χ1v) is 10.2. The molecular weight excluding hydrogens is 405 g/mol. The second-order valence-electron chi connectivity index (χ2n) is 7.18. The summed E-state index contributed by atoms with van der Waals surface area (Å²) in [6.45, 7) is 4.00. The maximum absolute atomic E-state index is 13.3. The van der Waals surface area contributed by atoms with E-state index in [0.29, 0.717) is 5.56 Å². The number of ketones is 1. The minimum absolute atomic E-state index is 0.260. The van der Waals surface area contributed by atoms with Crippen LogP contribution < -0.4 is 0 Å². The first-order chi connectivity index (χ1) is 14.9. The van der Waals surface area contributed by atoms with E-state index in [4.69, 9.17) is 4.89 Å². The minimum Gasteiger partial charge on any atom is -0.294 e. The number of carbonyl (C=O) groups excluding carboxylic acids is 1. The standard InChI is InChI=1S/C23H15F3O3.C2H6/c24-23(25,26)22-19-20(27)17-11-15(13-7-3-1-4-8-13)16(14-9-5-2-6-10-14)12-18(17)21(19)28-29-22;1-2/h1-12,19,21-22H;1-2H3. The Labute approximate surface area is 178 Å². The zero-order chi connectivity index (χ0) is 22.2. The van der Waals surface area contributed by atoms with Gasteiger partial charge in [0.1, 0.15) is 6.10 Å². The van der Waals surface area contributed by atoms with Gasteiger partial charge < -0.3 is 0 Å². The van der Waals surface area contributed by atoms with E-state index in [1.54, 1.807) is 12.1 Å². The Kier molecular flexibility index (Phi) is 5.69. The Morgan fingerprint density at radius 1 is 0.742 bits per heavy atom. The summed E-state index contributed by atoms with van der Waals surface area (Å²) >= 11 is 0. The molecule has 3 nitrogen and oxygen atoms in total. The normalized spacial score (nSPS) is 21.8. The van der Waals surface area contributed by atoms with Crippen LogP contribution in [0.4, 0.5) is 13.2 Å². The van der Waals surface area contributed by atoms with Crippen molar-refractivity contribution < 1.29 is 27.7 Å². The van der Waals surface area contributed by atoms with Crippen LogP contribution in [0.2, 0.25) is 0 Å². The smallest absolute Gasteiger partial charge is 0.294 e. The van der Waals surface area contributed by atoms with Crippen LogP contribution in [0, 0.1) is 5.92 Å². The molecule has 3 atom stereocenters.